The zero-order chi connectivity index (χ0) is 15.4. The lowest BCUT2D eigenvalue weighted by atomic mass is 10.4. The van der Waals surface area contributed by atoms with Crippen LogP contribution in [-0.2, 0) is 20.1 Å². The minimum atomic E-state index is 0. The third-order valence-electron chi connectivity index (χ3n) is 3.24. The van der Waals surface area contributed by atoms with Gasteiger partial charge in [0.1, 0.15) is 0 Å². The van der Waals surface area contributed by atoms with Gasteiger partial charge in [-0.1, -0.05) is 6.07 Å². The maximum atomic E-state index is 4.20. The van der Waals surface area contributed by atoms with Gasteiger partial charge in [0.2, 0.25) is 0 Å². The second-order valence-corrected chi connectivity index (χ2v) is 4.85. The highest BCUT2D eigenvalue weighted by Gasteiger charge is 2.05. The molecule has 122 valence electrons. The molecule has 0 fully saturated rings. The first-order valence-corrected chi connectivity index (χ1v) is 6.97. The number of pyridine rings is 1. The van der Waals surface area contributed by atoms with Crippen LogP contribution in [0.3, 0.4) is 0 Å². The molecule has 2 N–H and O–H groups in total. The first kappa shape index (κ1) is 17.2. The molecule has 0 amide bonds. The van der Waals surface area contributed by atoms with Crippen molar-refractivity contribution in [2.75, 3.05) is 7.05 Å². The maximum absolute atomic E-state index is 4.20. The molecule has 9 heteroatoms. The first-order chi connectivity index (χ1) is 10.8. The molecular formula is C14H19IN8. The van der Waals surface area contributed by atoms with Gasteiger partial charge in [-0.3, -0.25) is 14.1 Å². The number of guanidine groups is 1. The Morgan fingerprint density at radius 3 is 2.78 bits per heavy atom. The molecular weight excluding hydrogens is 407 g/mol. The van der Waals surface area contributed by atoms with Gasteiger partial charge < -0.3 is 10.6 Å². The summed E-state index contributed by atoms with van der Waals surface area (Å²) in [6.45, 7) is 1.20. The molecule has 3 aromatic rings. The summed E-state index contributed by atoms with van der Waals surface area (Å²) in [4.78, 5) is 4.20. The van der Waals surface area contributed by atoms with E-state index in [-0.39, 0.29) is 24.0 Å². The molecule has 3 heterocycles. The lowest BCUT2D eigenvalue weighted by molar-refractivity contribution is 0.757. The second kappa shape index (κ2) is 7.90. The van der Waals surface area contributed by atoms with Crippen molar-refractivity contribution >= 4 is 35.6 Å². The Bertz CT molecular complexity index is 791. The third-order valence-corrected chi connectivity index (χ3v) is 3.24. The quantitative estimate of drug-likeness (QED) is 0.369. The van der Waals surface area contributed by atoms with Crippen LogP contribution in [0.2, 0.25) is 0 Å². The van der Waals surface area contributed by atoms with Crippen molar-refractivity contribution in [3.63, 3.8) is 0 Å². The van der Waals surface area contributed by atoms with Gasteiger partial charge in [-0.05, 0) is 12.1 Å². The van der Waals surface area contributed by atoms with E-state index in [1.54, 1.807) is 11.7 Å². The van der Waals surface area contributed by atoms with Crippen LogP contribution < -0.4 is 10.6 Å². The van der Waals surface area contributed by atoms with Crippen molar-refractivity contribution in [2.45, 2.75) is 13.1 Å². The average molecular weight is 426 g/mol. The van der Waals surface area contributed by atoms with E-state index in [4.69, 9.17) is 0 Å². The Kier molecular flexibility index (Phi) is 5.90. The predicted octanol–water partition coefficient (Wildman–Crippen LogP) is 0.946. The van der Waals surface area contributed by atoms with Gasteiger partial charge in [0, 0.05) is 38.6 Å². The minimum Gasteiger partial charge on any atom is -0.352 e. The van der Waals surface area contributed by atoms with E-state index in [0.717, 1.165) is 17.0 Å². The number of aliphatic imine (C=N–C) groups is 1. The summed E-state index contributed by atoms with van der Waals surface area (Å²) in [5.41, 5.74) is 1.93. The summed E-state index contributed by atoms with van der Waals surface area (Å²) in [7, 11) is 3.63. The molecule has 0 spiro atoms. The largest absolute Gasteiger partial charge is 0.352 e. The zero-order valence-corrected chi connectivity index (χ0v) is 15.3. The number of nitrogens with zero attached hydrogens (tertiary/aromatic N) is 6. The standard InChI is InChI=1S/C14H18N8.HI/c1-15-14(16-7-11-8-18-21(2)10-11)17-9-13-20-19-12-5-3-4-6-22(12)13;/h3-6,8,10H,7,9H2,1-2H3,(H2,15,16,17);1H. The highest BCUT2D eigenvalue weighted by Crippen LogP contribution is 2.02. The van der Waals surface area contributed by atoms with Gasteiger partial charge in [0.05, 0.1) is 12.7 Å². The Morgan fingerprint density at radius 2 is 2.04 bits per heavy atom. The summed E-state index contributed by atoms with van der Waals surface area (Å²) >= 11 is 0. The summed E-state index contributed by atoms with van der Waals surface area (Å²) in [6, 6.07) is 5.82. The number of aromatic nitrogens is 5. The molecule has 0 saturated carbocycles. The van der Waals surface area contributed by atoms with Gasteiger partial charge in [-0.15, -0.1) is 34.2 Å². The van der Waals surface area contributed by atoms with Crippen molar-refractivity contribution in [3.05, 3.63) is 48.2 Å². The number of halogens is 1. The molecule has 0 unspecified atom stereocenters. The molecule has 0 saturated heterocycles. The van der Waals surface area contributed by atoms with E-state index < -0.39 is 0 Å². The van der Waals surface area contributed by atoms with E-state index in [1.165, 1.54) is 0 Å². The highest BCUT2D eigenvalue weighted by molar-refractivity contribution is 14.0. The fourth-order valence-corrected chi connectivity index (χ4v) is 2.14. The van der Waals surface area contributed by atoms with E-state index >= 15 is 0 Å². The van der Waals surface area contributed by atoms with Crippen molar-refractivity contribution in [1.29, 1.82) is 0 Å². The number of fused-ring (bicyclic) bond motifs is 1. The molecule has 0 radical (unpaired) electrons. The number of hydrogen-bond acceptors (Lipinski definition) is 4. The van der Waals surface area contributed by atoms with E-state index in [0.29, 0.717) is 19.0 Å². The smallest absolute Gasteiger partial charge is 0.191 e. The van der Waals surface area contributed by atoms with Crippen LogP contribution in [0.1, 0.15) is 11.4 Å². The SMILES string of the molecule is CN=C(NCc1cnn(C)c1)NCc1nnc2ccccn12.I. The minimum absolute atomic E-state index is 0. The van der Waals surface area contributed by atoms with Crippen molar-refractivity contribution < 1.29 is 0 Å². The number of nitrogens with one attached hydrogen (secondary N) is 2. The lowest BCUT2D eigenvalue weighted by Gasteiger charge is -2.10. The van der Waals surface area contributed by atoms with Crippen LogP contribution in [0.5, 0.6) is 0 Å². The van der Waals surface area contributed by atoms with Gasteiger partial charge >= 0.3 is 0 Å². The fraction of sp³-hybridized carbons (Fsp3) is 0.286. The van der Waals surface area contributed by atoms with Crippen LogP contribution in [0.15, 0.2) is 41.8 Å². The first-order valence-electron chi connectivity index (χ1n) is 6.97. The molecule has 8 nitrogen and oxygen atoms in total. The normalized spacial score (nSPS) is 11.3. The van der Waals surface area contributed by atoms with E-state index in [9.17, 15) is 0 Å². The van der Waals surface area contributed by atoms with Crippen LogP contribution in [0.4, 0.5) is 0 Å². The molecule has 0 aromatic carbocycles. The highest BCUT2D eigenvalue weighted by atomic mass is 127. The Balaban J connectivity index is 0.00000192. The predicted molar refractivity (Wildman–Crippen MR) is 98.6 cm³/mol. The van der Waals surface area contributed by atoms with Gasteiger partial charge in [0.25, 0.3) is 0 Å². The topological polar surface area (TPSA) is 84.4 Å². The molecule has 23 heavy (non-hydrogen) atoms. The average Bonchev–Trinajstić information content (AvgIpc) is 3.14. The van der Waals surface area contributed by atoms with E-state index in [1.807, 2.05) is 48.2 Å². The number of aryl methyl sites for hydroxylation is 1. The fourth-order valence-electron chi connectivity index (χ4n) is 2.14. The van der Waals surface area contributed by atoms with Gasteiger partial charge in [0.15, 0.2) is 17.4 Å². The molecule has 0 aliphatic carbocycles. The Labute approximate surface area is 151 Å². The van der Waals surface area contributed by atoms with Crippen molar-refractivity contribution in [1.82, 2.24) is 35.0 Å². The zero-order valence-electron chi connectivity index (χ0n) is 13.0. The van der Waals surface area contributed by atoms with Crippen LogP contribution in [0, 0.1) is 0 Å². The summed E-state index contributed by atoms with van der Waals surface area (Å²) in [6.07, 6.45) is 5.73. The Morgan fingerprint density at radius 1 is 1.22 bits per heavy atom. The number of hydrogen-bond donors (Lipinski definition) is 2. The molecule has 0 aliphatic heterocycles. The summed E-state index contributed by atoms with van der Waals surface area (Å²) in [5, 5.41) is 18.9. The third kappa shape index (κ3) is 4.18. The monoisotopic (exact) mass is 426 g/mol. The summed E-state index contributed by atoms with van der Waals surface area (Å²) < 4.78 is 3.72. The van der Waals surface area contributed by atoms with Crippen molar-refractivity contribution in [3.8, 4) is 0 Å². The summed E-state index contributed by atoms with van der Waals surface area (Å²) in [5.74, 6) is 1.54. The second-order valence-electron chi connectivity index (χ2n) is 4.85. The number of rotatable bonds is 4. The van der Waals surface area contributed by atoms with Gasteiger partial charge in [-0.2, -0.15) is 5.10 Å². The van der Waals surface area contributed by atoms with Crippen molar-refractivity contribution in [2.24, 2.45) is 12.0 Å². The Hall–Kier alpha value is -2.17. The molecule has 3 aromatic heterocycles. The maximum Gasteiger partial charge on any atom is 0.191 e. The molecule has 3 rings (SSSR count). The molecule has 0 aliphatic rings. The lowest BCUT2D eigenvalue weighted by Crippen LogP contribution is -2.36. The van der Waals surface area contributed by atoms with E-state index in [2.05, 4.69) is 30.9 Å². The van der Waals surface area contributed by atoms with Crippen LogP contribution in [0.25, 0.3) is 5.65 Å². The van der Waals surface area contributed by atoms with Gasteiger partial charge in [-0.25, -0.2) is 0 Å². The molecule has 0 atom stereocenters. The van der Waals surface area contributed by atoms with Crippen LogP contribution in [-0.4, -0.2) is 37.4 Å². The van der Waals surface area contributed by atoms with Crippen LogP contribution >= 0.6 is 24.0 Å². The molecule has 0 bridgehead atoms.